The monoisotopic (exact) mass is 380 g/mol. The van der Waals surface area contributed by atoms with Gasteiger partial charge in [-0.2, -0.15) is 0 Å². The number of hydrogen-bond acceptors (Lipinski definition) is 3. The summed E-state index contributed by atoms with van der Waals surface area (Å²) in [5.74, 6) is 0.651. The average molecular weight is 381 g/mol. The van der Waals surface area contributed by atoms with Gasteiger partial charge in [-0.3, -0.25) is 0 Å². The van der Waals surface area contributed by atoms with Crippen LogP contribution in [0.5, 0.6) is 0 Å². The van der Waals surface area contributed by atoms with Gasteiger partial charge < -0.3 is 10.6 Å². The lowest BCUT2D eigenvalue weighted by Gasteiger charge is -2.11. The lowest BCUT2D eigenvalue weighted by molar-refractivity contribution is 0.584. The maximum absolute atomic E-state index is 11.0. The van der Waals surface area contributed by atoms with Crippen molar-refractivity contribution in [2.75, 3.05) is 25.9 Å². The Balaban J connectivity index is 2.50. The summed E-state index contributed by atoms with van der Waals surface area (Å²) in [7, 11) is -3.14. The van der Waals surface area contributed by atoms with Gasteiger partial charge in [-0.05, 0) is 31.0 Å². The van der Waals surface area contributed by atoms with Gasteiger partial charge in [0.2, 0.25) is 10.0 Å². The van der Waals surface area contributed by atoms with Crippen LogP contribution in [-0.2, 0) is 16.6 Å². The molecule has 0 spiro atoms. The SMILES string of the molecule is CCNC(=NCc1ccc(Cl)cc1Cl)NCCCNS(C)(=O)=O. The van der Waals surface area contributed by atoms with Crippen LogP contribution in [0.1, 0.15) is 18.9 Å². The van der Waals surface area contributed by atoms with Crippen molar-refractivity contribution in [3.05, 3.63) is 33.8 Å². The highest BCUT2D eigenvalue weighted by atomic mass is 35.5. The molecule has 3 N–H and O–H groups in total. The molecule has 0 amide bonds. The summed E-state index contributed by atoms with van der Waals surface area (Å²) in [6.07, 6.45) is 1.79. The van der Waals surface area contributed by atoms with E-state index in [1.807, 2.05) is 13.0 Å². The topological polar surface area (TPSA) is 82.6 Å². The van der Waals surface area contributed by atoms with Crippen molar-refractivity contribution < 1.29 is 8.42 Å². The molecule has 0 unspecified atom stereocenters. The van der Waals surface area contributed by atoms with Crippen LogP contribution >= 0.6 is 23.2 Å². The van der Waals surface area contributed by atoms with E-state index >= 15 is 0 Å². The van der Waals surface area contributed by atoms with E-state index < -0.39 is 10.0 Å². The van der Waals surface area contributed by atoms with Crippen molar-refractivity contribution in [2.24, 2.45) is 4.99 Å². The van der Waals surface area contributed by atoms with Gasteiger partial charge in [0, 0.05) is 29.7 Å². The highest BCUT2D eigenvalue weighted by molar-refractivity contribution is 7.88. The number of guanidine groups is 1. The summed E-state index contributed by atoms with van der Waals surface area (Å²) in [5, 5.41) is 7.43. The molecule has 1 aromatic rings. The molecule has 0 radical (unpaired) electrons. The van der Waals surface area contributed by atoms with Crippen LogP contribution in [0, 0.1) is 0 Å². The summed E-state index contributed by atoms with van der Waals surface area (Å²) in [6.45, 7) is 4.10. The molecule has 0 aliphatic rings. The van der Waals surface area contributed by atoms with Gasteiger partial charge >= 0.3 is 0 Å². The maximum Gasteiger partial charge on any atom is 0.208 e. The van der Waals surface area contributed by atoms with Gasteiger partial charge in [-0.1, -0.05) is 29.3 Å². The van der Waals surface area contributed by atoms with Crippen LogP contribution in [0.3, 0.4) is 0 Å². The van der Waals surface area contributed by atoms with E-state index in [1.165, 1.54) is 0 Å². The molecule has 23 heavy (non-hydrogen) atoms. The Morgan fingerprint density at radius 3 is 2.57 bits per heavy atom. The van der Waals surface area contributed by atoms with Crippen molar-refractivity contribution in [2.45, 2.75) is 19.9 Å². The second-order valence-corrected chi connectivity index (χ2v) is 7.55. The molecule has 9 heteroatoms. The highest BCUT2D eigenvalue weighted by Crippen LogP contribution is 2.21. The van der Waals surface area contributed by atoms with Crippen molar-refractivity contribution in [1.82, 2.24) is 15.4 Å². The fourth-order valence-corrected chi connectivity index (χ4v) is 2.69. The third-order valence-electron chi connectivity index (χ3n) is 2.78. The molecule has 0 aliphatic heterocycles. The minimum Gasteiger partial charge on any atom is -0.357 e. The number of halogens is 2. The third kappa shape index (κ3) is 9.00. The lowest BCUT2D eigenvalue weighted by atomic mass is 10.2. The zero-order valence-electron chi connectivity index (χ0n) is 13.2. The van der Waals surface area contributed by atoms with Crippen LogP contribution in [0.15, 0.2) is 23.2 Å². The Labute approximate surface area is 147 Å². The number of nitrogens with one attached hydrogen (secondary N) is 3. The van der Waals surface area contributed by atoms with E-state index in [4.69, 9.17) is 23.2 Å². The standard InChI is InChI=1S/C14H22Cl2N4O2S/c1-3-17-14(18-7-4-8-20-23(2,21)22)19-10-11-5-6-12(15)9-13(11)16/h5-6,9,20H,3-4,7-8,10H2,1-2H3,(H2,17,18,19). The molecule has 130 valence electrons. The largest absolute Gasteiger partial charge is 0.357 e. The number of aliphatic imine (C=N–C) groups is 1. The highest BCUT2D eigenvalue weighted by Gasteiger charge is 2.03. The zero-order chi connectivity index (χ0) is 17.3. The first-order valence-electron chi connectivity index (χ1n) is 7.22. The Kier molecular flexibility index (Phi) is 8.68. The van der Waals surface area contributed by atoms with Crippen LogP contribution in [0.4, 0.5) is 0 Å². The van der Waals surface area contributed by atoms with Crippen LogP contribution in [-0.4, -0.2) is 40.3 Å². The Bertz CT molecular complexity index is 636. The van der Waals surface area contributed by atoms with E-state index in [0.717, 1.165) is 18.4 Å². The van der Waals surface area contributed by atoms with Gasteiger partial charge in [0.05, 0.1) is 12.8 Å². The molecule has 0 saturated heterocycles. The molecule has 0 saturated carbocycles. The number of sulfonamides is 1. The first-order chi connectivity index (χ1) is 10.8. The normalized spacial score (nSPS) is 12.3. The van der Waals surface area contributed by atoms with Gasteiger partial charge in [-0.25, -0.2) is 18.1 Å². The smallest absolute Gasteiger partial charge is 0.208 e. The second kappa shape index (κ2) is 9.97. The summed E-state index contributed by atoms with van der Waals surface area (Å²) < 4.78 is 24.4. The summed E-state index contributed by atoms with van der Waals surface area (Å²) in [5.41, 5.74) is 0.881. The Morgan fingerprint density at radius 2 is 1.96 bits per heavy atom. The van der Waals surface area contributed by atoms with Crippen LogP contribution in [0.2, 0.25) is 10.0 Å². The minimum absolute atomic E-state index is 0.383. The second-order valence-electron chi connectivity index (χ2n) is 4.88. The molecule has 0 atom stereocenters. The Morgan fingerprint density at radius 1 is 1.22 bits per heavy atom. The molecule has 0 aromatic heterocycles. The number of hydrogen-bond donors (Lipinski definition) is 3. The van der Waals surface area contributed by atoms with Crippen LogP contribution in [0.25, 0.3) is 0 Å². The zero-order valence-corrected chi connectivity index (χ0v) is 15.5. The fourth-order valence-electron chi connectivity index (χ4n) is 1.71. The van der Waals surface area contributed by atoms with E-state index in [0.29, 0.717) is 42.1 Å². The van der Waals surface area contributed by atoms with Crippen molar-refractivity contribution in [3.8, 4) is 0 Å². The predicted octanol–water partition coefficient (Wildman–Crippen LogP) is 1.99. The van der Waals surface area contributed by atoms with Crippen molar-refractivity contribution in [1.29, 1.82) is 0 Å². The van der Waals surface area contributed by atoms with Gasteiger partial charge in [-0.15, -0.1) is 0 Å². The molecular formula is C14H22Cl2N4O2S. The molecule has 1 aromatic carbocycles. The fraction of sp³-hybridized carbons (Fsp3) is 0.500. The van der Waals surface area contributed by atoms with Crippen molar-refractivity contribution in [3.63, 3.8) is 0 Å². The molecule has 0 fully saturated rings. The molecule has 1 rings (SSSR count). The number of benzene rings is 1. The minimum atomic E-state index is -3.14. The van der Waals surface area contributed by atoms with Gasteiger partial charge in [0.15, 0.2) is 5.96 Å². The average Bonchev–Trinajstić information content (AvgIpc) is 2.44. The quantitative estimate of drug-likeness (QED) is 0.365. The number of nitrogens with zero attached hydrogens (tertiary/aromatic N) is 1. The van der Waals surface area contributed by atoms with E-state index in [-0.39, 0.29) is 0 Å². The molecular weight excluding hydrogens is 359 g/mol. The maximum atomic E-state index is 11.0. The third-order valence-corrected chi connectivity index (χ3v) is 4.09. The summed E-state index contributed by atoms with van der Waals surface area (Å²) >= 11 is 12.0. The molecule has 6 nitrogen and oxygen atoms in total. The van der Waals surface area contributed by atoms with Crippen LogP contribution < -0.4 is 15.4 Å². The summed E-state index contributed by atoms with van der Waals surface area (Å²) in [4.78, 5) is 4.45. The molecule has 0 heterocycles. The summed E-state index contributed by atoms with van der Waals surface area (Å²) in [6, 6.07) is 5.30. The first-order valence-corrected chi connectivity index (χ1v) is 9.87. The van der Waals surface area contributed by atoms with E-state index in [9.17, 15) is 8.42 Å². The van der Waals surface area contributed by atoms with Gasteiger partial charge in [0.1, 0.15) is 0 Å². The van der Waals surface area contributed by atoms with E-state index in [1.54, 1.807) is 12.1 Å². The predicted molar refractivity (Wildman–Crippen MR) is 96.7 cm³/mol. The molecule has 0 bridgehead atoms. The van der Waals surface area contributed by atoms with Gasteiger partial charge in [0.25, 0.3) is 0 Å². The van der Waals surface area contributed by atoms with E-state index in [2.05, 4.69) is 20.3 Å². The number of rotatable bonds is 8. The Hall–Kier alpha value is -1.02. The first kappa shape index (κ1) is 20.0. The molecule has 0 aliphatic carbocycles. The lowest BCUT2D eigenvalue weighted by Crippen LogP contribution is -2.38. The van der Waals surface area contributed by atoms with Crippen molar-refractivity contribution >= 4 is 39.2 Å².